The number of halogens is 12. The van der Waals surface area contributed by atoms with E-state index in [2.05, 4.69) is 15.0 Å². The second-order valence-corrected chi connectivity index (χ2v) is 13.3. The van der Waals surface area contributed by atoms with Gasteiger partial charge < -0.3 is 9.13 Å². The summed E-state index contributed by atoms with van der Waals surface area (Å²) in [6.45, 7) is 2.97. The molecule has 0 saturated carbocycles. The molecule has 18 heteroatoms. The van der Waals surface area contributed by atoms with Crippen molar-refractivity contribution in [2.24, 2.45) is 0 Å². The lowest BCUT2D eigenvalue weighted by Gasteiger charge is -2.20. The average Bonchev–Trinajstić information content (AvgIpc) is 3.63. The van der Waals surface area contributed by atoms with E-state index in [4.69, 9.17) is 0 Å². The Bertz CT molecular complexity index is 2890. The Morgan fingerprint density at radius 2 is 0.759 bits per heavy atom. The molecule has 3 aromatic heterocycles. The maximum atomic E-state index is 14.3. The summed E-state index contributed by atoms with van der Waals surface area (Å²) in [5, 5.41) is 10.5. The van der Waals surface area contributed by atoms with Gasteiger partial charge in [-0.05, 0) is 74.5 Å². The third-order valence-electron chi connectivity index (χ3n) is 9.66. The summed E-state index contributed by atoms with van der Waals surface area (Å²) in [7, 11) is 0. The minimum Gasteiger partial charge on any atom is -0.307 e. The highest BCUT2D eigenvalue weighted by molar-refractivity contribution is 6.12. The second kappa shape index (κ2) is 12.7. The van der Waals surface area contributed by atoms with Gasteiger partial charge in [-0.2, -0.15) is 57.9 Å². The predicted molar refractivity (Wildman–Crippen MR) is 188 cm³/mol. The molecule has 0 bridgehead atoms. The molecule has 0 atom stereocenters. The van der Waals surface area contributed by atoms with Crippen molar-refractivity contribution in [2.75, 3.05) is 0 Å². The summed E-state index contributed by atoms with van der Waals surface area (Å²) < 4.78 is 173. The second-order valence-electron chi connectivity index (χ2n) is 13.3. The SMILES string of the molecule is Cc1nc(C)nc(-c2cc(-n3c4cc(C(F)(F)F)ccc4c4ccc(C(F)(F)F)cc43)c(-n3c4cc(C(F)(F)F)ccc4c4ccc(C(F)(F)F)cc43)cc2C#N)n1. The van der Waals surface area contributed by atoms with Crippen molar-refractivity contribution in [3.63, 3.8) is 0 Å². The van der Waals surface area contributed by atoms with Gasteiger partial charge in [0.25, 0.3) is 0 Å². The molecule has 0 N–H and O–H groups in total. The zero-order chi connectivity index (χ0) is 41.9. The first-order chi connectivity index (χ1) is 27.0. The van der Waals surface area contributed by atoms with Crippen molar-refractivity contribution in [2.45, 2.75) is 38.6 Å². The molecule has 58 heavy (non-hydrogen) atoms. The van der Waals surface area contributed by atoms with Crippen LogP contribution in [0.25, 0.3) is 66.4 Å². The number of rotatable bonds is 3. The third-order valence-corrected chi connectivity index (χ3v) is 9.66. The summed E-state index contributed by atoms with van der Waals surface area (Å²) in [4.78, 5) is 12.7. The van der Waals surface area contributed by atoms with Crippen molar-refractivity contribution in [1.29, 1.82) is 5.26 Å². The summed E-state index contributed by atoms with van der Waals surface area (Å²) in [5.74, 6) is 0.142. The molecule has 0 unspecified atom stereocenters. The molecule has 0 fully saturated rings. The van der Waals surface area contributed by atoms with E-state index < -0.39 is 47.0 Å². The van der Waals surface area contributed by atoms with E-state index in [1.165, 1.54) is 13.8 Å². The fourth-order valence-electron chi connectivity index (χ4n) is 7.21. The van der Waals surface area contributed by atoms with Crippen LogP contribution < -0.4 is 0 Å². The maximum Gasteiger partial charge on any atom is 0.416 e. The van der Waals surface area contributed by atoms with Crippen LogP contribution in [0.2, 0.25) is 0 Å². The number of aromatic nitrogens is 5. The Hall–Kier alpha value is -6.64. The molecule has 5 aromatic carbocycles. The zero-order valence-corrected chi connectivity index (χ0v) is 29.3. The van der Waals surface area contributed by atoms with Crippen molar-refractivity contribution >= 4 is 43.6 Å². The topological polar surface area (TPSA) is 72.3 Å². The van der Waals surface area contributed by atoms with Crippen LogP contribution in [0.3, 0.4) is 0 Å². The number of hydrogen-bond acceptors (Lipinski definition) is 4. The number of alkyl halides is 12. The van der Waals surface area contributed by atoms with E-state index in [-0.39, 0.29) is 83.6 Å². The van der Waals surface area contributed by atoms with Gasteiger partial charge in [-0.3, -0.25) is 0 Å². The molecule has 294 valence electrons. The Kier molecular flexibility index (Phi) is 8.36. The summed E-state index contributed by atoms with van der Waals surface area (Å²) in [6.07, 6.45) is -19.9. The third kappa shape index (κ3) is 6.30. The normalized spacial score (nSPS) is 13.0. The van der Waals surface area contributed by atoms with E-state index in [0.717, 1.165) is 57.7 Å². The van der Waals surface area contributed by atoms with Crippen LogP contribution >= 0.6 is 0 Å². The van der Waals surface area contributed by atoms with Gasteiger partial charge >= 0.3 is 24.7 Å². The van der Waals surface area contributed by atoms with Gasteiger partial charge in [-0.1, -0.05) is 24.3 Å². The van der Waals surface area contributed by atoms with Crippen LogP contribution in [0.1, 0.15) is 39.5 Å². The van der Waals surface area contributed by atoms with Crippen LogP contribution in [-0.2, 0) is 24.7 Å². The number of fused-ring (bicyclic) bond motifs is 6. The molecule has 0 aliphatic carbocycles. The van der Waals surface area contributed by atoms with Crippen LogP contribution in [0.4, 0.5) is 52.7 Å². The maximum absolute atomic E-state index is 14.3. The lowest BCUT2D eigenvalue weighted by molar-refractivity contribution is -0.138. The molecule has 0 spiro atoms. The molecule has 0 aliphatic rings. The number of nitrogens with zero attached hydrogens (tertiary/aromatic N) is 6. The van der Waals surface area contributed by atoms with Crippen LogP contribution in [0.5, 0.6) is 0 Å². The first-order valence-corrected chi connectivity index (χ1v) is 16.8. The Balaban J connectivity index is 1.64. The fraction of sp³-hybridized carbons (Fsp3) is 0.150. The molecular weight excluding hydrogens is 792 g/mol. The predicted octanol–water partition coefficient (Wildman–Crippen LogP) is 12.3. The highest BCUT2D eigenvalue weighted by atomic mass is 19.4. The van der Waals surface area contributed by atoms with Gasteiger partial charge in [0.1, 0.15) is 11.6 Å². The van der Waals surface area contributed by atoms with E-state index >= 15 is 0 Å². The molecule has 0 amide bonds. The van der Waals surface area contributed by atoms with Gasteiger partial charge in [0, 0.05) is 27.1 Å². The molecule has 0 radical (unpaired) electrons. The van der Waals surface area contributed by atoms with Crippen LogP contribution in [0.15, 0.2) is 84.9 Å². The molecule has 0 saturated heterocycles. The lowest BCUT2D eigenvalue weighted by Crippen LogP contribution is -2.10. The lowest BCUT2D eigenvalue weighted by atomic mass is 10.0. The Morgan fingerprint density at radius 1 is 0.448 bits per heavy atom. The smallest absolute Gasteiger partial charge is 0.307 e. The van der Waals surface area contributed by atoms with Gasteiger partial charge in [-0.25, -0.2) is 15.0 Å². The molecular formula is C40H20F12N6. The Morgan fingerprint density at radius 3 is 1.05 bits per heavy atom. The van der Waals surface area contributed by atoms with Crippen LogP contribution in [0, 0.1) is 25.2 Å². The largest absolute Gasteiger partial charge is 0.416 e. The van der Waals surface area contributed by atoms with Gasteiger partial charge in [-0.15, -0.1) is 0 Å². The van der Waals surface area contributed by atoms with Gasteiger partial charge in [0.05, 0.1) is 67.3 Å². The van der Waals surface area contributed by atoms with Gasteiger partial charge in [0.15, 0.2) is 5.82 Å². The highest BCUT2D eigenvalue weighted by Gasteiger charge is 2.36. The average molecular weight is 813 g/mol. The first kappa shape index (κ1) is 38.2. The quantitative estimate of drug-likeness (QED) is 0.167. The minimum atomic E-state index is -4.97. The number of nitriles is 1. The van der Waals surface area contributed by atoms with E-state index in [1.54, 1.807) is 0 Å². The van der Waals surface area contributed by atoms with Crippen molar-refractivity contribution < 1.29 is 52.7 Å². The fourth-order valence-corrected chi connectivity index (χ4v) is 7.21. The monoisotopic (exact) mass is 812 g/mol. The summed E-state index contributed by atoms with van der Waals surface area (Å²) in [5.41, 5.74) is -7.42. The highest BCUT2D eigenvalue weighted by Crippen LogP contribution is 2.45. The first-order valence-electron chi connectivity index (χ1n) is 16.8. The van der Waals surface area contributed by atoms with E-state index in [0.29, 0.717) is 36.4 Å². The summed E-state index contributed by atoms with van der Waals surface area (Å²) >= 11 is 0. The van der Waals surface area contributed by atoms with Crippen molar-refractivity contribution in [3.05, 3.63) is 124 Å². The van der Waals surface area contributed by atoms with E-state index in [1.807, 2.05) is 6.07 Å². The summed E-state index contributed by atoms with van der Waals surface area (Å²) in [6, 6.07) is 13.8. The van der Waals surface area contributed by atoms with Crippen LogP contribution in [-0.4, -0.2) is 24.1 Å². The van der Waals surface area contributed by atoms with Crippen molar-refractivity contribution in [1.82, 2.24) is 24.1 Å². The van der Waals surface area contributed by atoms with Gasteiger partial charge in [0.2, 0.25) is 0 Å². The minimum absolute atomic E-state index is 0.00918. The number of aryl methyl sites for hydroxylation is 2. The van der Waals surface area contributed by atoms with Crippen molar-refractivity contribution in [3.8, 4) is 28.8 Å². The molecule has 0 aliphatic heterocycles. The standard InChI is InChI=1S/C40H20F12N6/c1-18-54-19(2)56-36(55-18)29-16-35(58-32-14-23(39(47,48)49)5-9-27(32)28-10-6-24(15-33(28)58)40(50,51)52)34(11-20(29)17-53)57-30-12-21(37(41,42)43)3-7-25(30)26-8-4-22(13-31(26)57)38(44,45)46/h3-16H,1-2H3. The molecule has 8 aromatic rings. The number of hydrogen-bond donors (Lipinski definition) is 0. The zero-order valence-electron chi connectivity index (χ0n) is 29.3. The van der Waals surface area contributed by atoms with E-state index in [9.17, 15) is 57.9 Å². The molecule has 6 nitrogen and oxygen atoms in total. The molecule has 8 rings (SSSR count). The number of benzene rings is 5. The molecule has 3 heterocycles. The Labute approximate surface area is 317 Å².